The lowest BCUT2D eigenvalue weighted by Crippen LogP contribution is -2.22. The Morgan fingerprint density at radius 1 is 1.32 bits per heavy atom. The Hall–Kier alpha value is -1.17. The van der Waals surface area contributed by atoms with Gasteiger partial charge in [-0.2, -0.15) is 0 Å². The average molecular weight is 271 g/mol. The van der Waals surface area contributed by atoms with E-state index < -0.39 is 5.82 Å². The molecule has 19 heavy (non-hydrogen) atoms. The van der Waals surface area contributed by atoms with Gasteiger partial charge in [-0.05, 0) is 26.0 Å². The highest BCUT2D eigenvalue weighted by Gasteiger charge is 2.10. The minimum Gasteiger partial charge on any atom is -0.508 e. The molecule has 1 aromatic rings. The van der Waals surface area contributed by atoms with Crippen LogP contribution >= 0.6 is 0 Å². The number of nitrogens with one attached hydrogen (secondary N) is 1. The molecule has 4 nitrogen and oxygen atoms in total. The Balaban J connectivity index is 2.22. The fraction of sp³-hybridized carbons (Fsp3) is 0.571. The fourth-order valence-electron chi connectivity index (χ4n) is 1.71. The number of hydrogen-bond donors (Lipinski definition) is 2. The minimum atomic E-state index is -0.392. The number of ether oxygens (including phenoxy) is 2. The van der Waals surface area contributed by atoms with E-state index in [9.17, 15) is 4.39 Å². The zero-order chi connectivity index (χ0) is 14.1. The first-order chi connectivity index (χ1) is 9.15. The van der Waals surface area contributed by atoms with Gasteiger partial charge in [-0.25, -0.2) is 4.39 Å². The molecule has 0 fully saturated rings. The summed E-state index contributed by atoms with van der Waals surface area (Å²) in [7, 11) is 1.64. The van der Waals surface area contributed by atoms with Crippen LogP contribution in [-0.4, -0.2) is 38.6 Å². The maximum Gasteiger partial charge on any atom is 0.131 e. The van der Waals surface area contributed by atoms with Crippen LogP contribution in [0.2, 0.25) is 0 Å². The molecular formula is C14H22FNO3. The van der Waals surface area contributed by atoms with Crippen LogP contribution in [-0.2, 0) is 9.47 Å². The van der Waals surface area contributed by atoms with E-state index in [1.165, 1.54) is 6.07 Å². The van der Waals surface area contributed by atoms with Gasteiger partial charge in [0.1, 0.15) is 11.6 Å². The molecule has 0 aliphatic heterocycles. The molecule has 5 heteroatoms. The Bertz CT molecular complexity index is 374. The molecule has 0 heterocycles. The minimum absolute atomic E-state index is 0.0556. The van der Waals surface area contributed by atoms with E-state index in [-0.39, 0.29) is 11.8 Å². The third-order valence-electron chi connectivity index (χ3n) is 2.80. The van der Waals surface area contributed by atoms with Crippen LogP contribution in [0, 0.1) is 5.82 Å². The smallest absolute Gasteiger partial charge is 0.131 e. The van der Waals surface area contributed by atoms with Gasteiger partial charge in [0, 0.05) is 31.4 Å². The van der Waals surface area contributed by atoms with Crippen LogP contribution in [0.25, 0.3) is 0 Å². The molecule has 1 aromatic carbocycles. The summed E-state index contributed by atoms with van der Waals surface area (Å²) < 4.78 is 23.8. The Kier molecular flexibility index (Phi) is 7.40. The third-order valence-corrected chi connectivity index (χ3v) is 2.80. The van der Waals surface area contributed by atoms with Crippen LogP contribution in [0.5, 0.6) is 5.75 Å². The van der Waals surface area contributed by atoms with Crippen molar-refractivity contribution in [2.75, 3.05) is 33.5 Å². The molecule has 0 bridgehead atoms. The lowest BCUT2D eigenvalue weighted by molar-refractivity contribution is 0.0693. The van der Waals surface area contributed by atoms with Gasteiger partial charge in [0.25, 0.3) is 0 Å². The topological polar surface area (TPSA) is 50.7 Å². The van der Waals surface area contributed by atoms with Crippen molar-refractivity contribution in [3.05, 3.63) is 29.6 Å². The molecule has 0 aliphatic rings. The van der Waals surface area contributed by atoms with Crippen molar-refractivity contribution in [2.24, 2.45) is 0 Å². The van der Waals surface area contributed by atoms with E-state index in [1.54, 1.807) is 13.2 Å². The Morgan fingerprint density at radius 2 is 2.11 bits per heavy atom. The summed E-state index contributed by atoms with van der Waals surface area (Å²) in [6.07, 6.45) is 0.855. The third kappa shape index (κ3) is 6.00. The van der Waals surface area contributed by atoms with E-state index >= 15 is 0 Å². The maximum absolute atomic E-state index is 13.6. The van der Waals surface area contributed by atoms with Crippen molar-refractivity contribution in [1.29, 1.82) is 0 Å². The highest BCUT2D eigenvalue weighted by atomic mass is 19.1. The highest BCUT2D eigenvalue weighted by molar-refractivity contribution is 5.29. The highest BCUT2D eigenvalue weighted by Crippen LogP contribution is 2.20. The van der Waals surface area contributed by atoms with Crippen molar-refractivity contribution in [3.8, 4) is 5.75 Å². The van der Waals surface area contributed by atoms with Crippen LogP contribution in [0.1, 0.15) is 24.9 Å². The van der Waals surface area contributed by atoms with Gasteiger partial charge in [-0.1, -0.05) is 6.07 Å². The van der Waals surface area contributed by atoms with Crippen molar-refractivity contribution in [1.82, 2.24) is 5.32 Å². The molecule has 2 N–H and O–H groups in total. The van der Waals surface area contributed by atoms with Gasteiger partial charge >= 0.3 is 0 Å². The summed E-state index contributed by atoms with van der Waals surface area (Å²) in [4.78, 5) is 0. The Morgan fingerprint density at radius 3 is 2.79 bits per heavy atom. The molecular weight excluding hydrogens is 249 g/mol. The summed E-state index contributed by atoms with van der Waals surface area (Å²) in [5, 5.41) is 12.4. The van der Waals surface area contributed by atoms with Gasteiger partial charge in [-0.15, -0.1) is 0 Å². The number of phenols is 1. The zero-order valence-electron chi connectivity index (χ0n) is 11.5. The molecule has 0 saturated heterocycles. The van der Waals surface area contributed by atoms with Crippen LogP contribution in [0.4, 0.5) is 4.39 Å². The molecule has 1 unspecified atom stereocenters. The van der Waals surface area contributed by atoms with E-state index in [2.05, 4.69) is 5.32 Å². The van der Waals surface area contributed by atoms with Gasteiger partial charge in [0.05, 0.1) is 13.2 Å². The van der Waals surface area contributed by atoms with E-state index in [0.717, 1.165) is 19.0 Å². The average Bonchev–Trinajstić information content (AvgIpc) is 2.37. The van der Waals surface area contributed by atoms with E-state index in [4.69, 9.17) is 14.6 Å². The van der Waals surface area contributed by atoms with Crippen molar-refractivity contribution >= 4 is 0 Å². The maximum atomic E-state index is 13.6. The summed E-state index contributed by atoms with van der Waals surface area (Å²) in [5.74, 6) is -0.448. The van der Waals surface area contributed by atoms with Crippen LogP contribution in [0.3, 0.4) is 0 Å². The molecule has 1 rings (SSSR count). The van der Waals surface area contributed by atoms with E-state index in [0.29, 0.717) is 25.4 Å². The van der Waals surface area contributed by atoms with Crippen LogP contribution in [0.15, 0.2) is 18.2 Å². The summed E-state index contributed by atoms with van der Waals surface area (Å²) in [6, 6.07) is 4.11. The van der Waals surface area contributed by atoms with Crippen molar-refractivity contribution in [2.45, 2.75) is 19.4 Å². The second kappa shape index (κ2) is 8.85. The van der Waals surface area contributed by atoms with Crippen molar-refractivity contribution in [3.63, 3.8) is 0 Å². The van der Waals surface area contributed by atoms with Crippen LogP contribution < -0.4 is 5.32 Å². The molecule has 0 amide bonds. The SMILES string of the molecule is COCCOCCCNC(C)c1ccc(O)cc1F. The molecule has 0 radical (unpaired) electrons. The molecule has 0 aromatic heterocycles. The molecule has 0 saturated carbocycles. The monoisotopic (exact) mass is 271 g/mol. The summed E-state index contributed by atoms with van der Waals surface area (Å²) in [5.41, 5.74) is 0.554. The largest absolute Gasteiger partial charge is 0.508 e. The molecule has 0 spiro atoms. The first kappa shape index (κ1) is 15.9. The van der Waals surface area contributed by atoms with Gasteiger partial charge < -0.3 is 19.9 Å². The lowest BCUT2D eigenvalue weighted by Gasteiger charge is -2.15. The Labute approximate surface area is 113 Å². The zero-order valence-corrected chi connectivity index (χ0v) is 11.5. The lowest BCUT2D eigenvalue weighted by atomic mass is 10.1. The van der Waals surface area contributed by atoms with Crippen molar-refractivity contribution < 1.29 is 19.0 Å². The first-order valence-electron chi connectivity index (χ1n) is 6.43. The predicted molar refractivity (Wildman–Crippen MR) is 71.8 cm³/mol. The molecule has 108 valence electrons. The second-order valence-corrected chi connectivity index (χ2v) is 4.34. The number of methoxy groups -OCH3 is 1. The molecule has 0 aliphatic carbocycles. The number of rotatable bonds is 9. The van der Waals surface area contributed by atoms with Gasteiger partial charge in [0.15, 0.2) is 0 Å². The molecule has 1 atom stereocenters. The normalized spacial score (nSPS) is 12.6. The standard InChI is InChI=1S/C14H22FNO3/c1-11(13-5-4-12(17)10-14(13)15)16-6-3-7-19-9-8-18-2/h4-5,10-11,16-17H,3,6-9H2,1-2H3. The van der Waals surface area contributed by atoms with Gasteiger partial charge in [0.2, 0.25) is 0 Å². The van der Waals surface area contributed by atoms with E-state index in [1.807, 2.05) is 6.92 Å². The quantitative estimate of drug-likeness (QED) is 0.676. The number of halogens is 1. The van der Waals surface area contributed by atoms with Gasteiger partial charge in [-0.3, -0.25) is 0 Å². The first-order valence-corrected chi connectivity index (χ1v) is 6.43. The number of hydrogen-bond acceptors (Lipinski definition) is 4. The number of phenolic OH excluding ortho intramolecular Hbond substituents is 1. The summed E-state index contributed by atoms with van der Waals surface area (Å²) in [6.45, 7) is 4.48. The number of benzene rings is 1. The summed E-state index contributed by atoms with van der Waals surface area (Å²) >= 11 is 0. The number of aromatic hydroxyl groups is 1. The fourth-order valence-corrected chi connectivity index (χ4v) is 1.71. The second-order valence-electron chi connectivity index (χ2n) is 4.34. The predicted octanol–water partition coefficient (Wildman–Crippen LogP) is 2.24.